The van der Waals surface area contributed by atoms with Crippen molar-refractivity contribution in [2.75, 3.05) is 7.11 Å². The van der Waals surface area contributed by atoms with Crippen molar-refractivity contribution in [3.05, 3.63) is 0 Å². The molecule has 112 valence electrons. The number of hydrogen-bond acceptors (Lipinski definition) is 5. The number of alkyl carbamates (subject to hydrolysis) is 1. The molecule has 19 heavy (non-hydrogen) atoms. The number of aliphatic hydroxyl groups is 1. The first kappa shape index (κ1) is 17.7. The highest BCUT2D eigenvalue weighted by molar-refractivity contribution is 5.76. The smallest absolute Gasteiger partial charge is 0.407 e. The van der Waals surface area contributed by atoms with E-state index in [2.05, 4.69) is 10.1 Å². The van der Waals surface area contributed by atoms with Crippen LogP contribution in [0.5, 0.6) is 0 Å². The van der Waals surface area contributed by atoms with Crippen molar-refractivity contribution in [1.29, 1.82) is 0 Å². The lowest BCUT2D eigenvalue weighted by Gasteiger charge is -2.25. The van der Waals surface area contributed by atoms with Crippen molar-refractivity contribution in [3.8, 4) is 0 Å². The molecule has 0 heterocycles. The molecule has 1 amide bonds. The van der Waals surface area contributed by atoms with Crippen molar-refractivity contribution in [3.63, 3.8) is 0 Å². The van der Waals surface area contributed by atoms with E-state index in [4.69, 9.17) is 4.74 Å². The third-order valence-corrected chi connectivity index (χ3v) is 2.39. The van der Waals surface area contributed by atoms with E-state index in [1.165, 1.54) is 7.11 Å². The maximum absolute atomic E-state index is 11.7. The summed E-state index contributed by atoms with van der Waals surface area (Å²) in [5, 5.41) is 12.3. The van der Waals surface area contributed by atoms with Crippen LogP contribution in [-0.2, 0) is 14.3 Å². The summed E-state index contributed by atoms with van der Waals surface area (Å²) in [6, 6.07) is -0.706. The summed E-state index contributed by atoms with van der Waals surface area (Å²) in [5.74, 6) is -0.767. The van der Waals surface area contributed by atoms with Crippen molar-refractivity contribution in [2.24, 2.45) is 0 Å². The van der Waals surface area contributed by atoms with Gasteiger partial charge in [-0.25, -0.2) is 9.59 Å². The second kappa shape index (κ2) is 7.99. The van der Waals surface area contributed by atoms with Crippen molar-refractivity contribution in [2.45, 2.75) is 64.7 Å². The highest BCUT2D eigenvalue weighted by atomic mass is 16.6. The van der Waals surface area contributed by atoms with Gasteiger partial charge in [0.15, 0.2) is 6.10 Å². The van der Waals surface area contributed by atoms with E-state index in [9.17, 15) is 14.7 Å². The first-order valence-corrected chi connectivity index (χ1v) is 6.46. The second-order valence-electron chi connectivity index (χ2n) is 5.36. The van der Waals surface area contributed by atoms with Gasteiger partial charge < -0.3 is 19.9 Å². The van der Waals surface area contributed by atoms with E-state index in [-0.39, 0.29) is 0 Å². The van der Waals surface area contributed by atoms with Crippen LogP contribution in [0.25, 0.3) is 0 Å². The number of nitrogens with one attached hydrogen (secondary N) is 1. The number of esters is 1. The largest absolute Gasteiger partial charge is 0.467 e. The Morgan fingerprint density at radius 3 is 2.32 bits per heavy atom. The average molecular weight is 275 g/mol. The molecule has 0 rings (SSSR count). The molecule has 0 aromatic rings. The summed E-state index contributed by atoms with van der Waals surface area (Å²) in [4.78, 5) is 23.0. The lowest BCUT2D eigenvalue weighted by molar-refractivity contribution is -0.152. The molecule has 0 aliphatic heterocycles. The number of unbranched alkanes of at least 4 members (excludes halogenated alkanes) is 1. The summed E-state index contributed by atoms with van der Waals surface area (Å²) in [7, 11) is 1.19. The van der Waals surface area contributed by atoms with Gasteiger partial charge >= 0.3 is 12.1 Å². The second-order valence-corrected chi connectivity index (χ2v) is 5.36. The summed E-state index contributed by atoms with van der Waals surface area (Å²) in [6.45, 7) is 7.20. The number of hydrogen-bond donors (Lipinski definition) is 2. The van der Waals surface area contributed by atoms with Crippen LogP contribution < -0.4 is 5.32 Å². The lowest BCUT2D eigenvalue weighted by atomic mass is 10.0. The van der Waals surface area contributed by atoms with Crippen LogP contribution in [-0.4, -0.2) is 42.0 Å². The fourth-order valence-corrected chi connectivity index (χ4v) is 1.48. The molecule has 0 bridgehead atoms. The zero-order chi connectivity index (χ0) is 15.1. The fourth-order valence-electron chi connectivity index (χ4n) is 1.48. The van der Waals surface area contributed by atoms with Gasteiger partial charge in [0.05, 0.1) is 13.2 Å². The SMILES string of the molecule is CCCC[C@H](NC(=O)OC(C)(C)C)[C@H](O)C(=O)OC. The molecular weight excluding hydrogens is 250 g/mol. The Labute approximate surface area is 114 Å². The van der Waals surface area contributed by atoms with E-state index < -0.39 is 29.8 Å². The zero-order valence-corrected chi connectivity index (χ0v) is 12.4. The number of aliphatic hydroxyl groups excluding tert-OH is 1. The maximum Gasteiger partial charge on any atom is 0.407 e. The molecule has 0 aromatic carbocycles. The number of amides is 1. The Bertz CT molecular complexity index is 298. The van der Waals surface area contributed by atoms with Gasteiger partial charge in [-0.05, 0) is 27.2 Å². The molecule has 2 atom stereocenters. The highest BCUT2D eigenvalue weighted by Crippen LogP contribution is 2.10. The number of carbonyl (C=O) groups is 2. The lowest BCUT2D eigenvalue weighted by Crippen LogP contribution is -2.48. The molecule has 0 aliphatic rings. The molecule has 0 fully saturated rings. The molecule has 0 radical (unpaired) electrons. The Kier molecular flexibility index (Phi) is 7.44. The molecule has 0 unspecified atom stereocenters. The summed E-state index contributed by atoms with van der Waals surface area (Å²) in [5.41, 5.74) is -0.629. The molecule has 0 saturated heterocycles. The van der Waals surface area contributed by atoms with Crippen molar-refractivity contribution in [1.82, 2.24) is 5.32 Å². The molecule has 6 nitrogen and oxygen atoms in total. The van der Waals surface area contributed by atoms with Gasteiger partial charge in [-0.1, -0.05) is 19.8 Å². The van der Waals surface area contributed by atoms with E-state index in [1.807, 2.05) is 6.92 Å². The Morgan fingerprint density at radius 2 is 1.89 bits per heavy atom. The molecule has 0 aromatic heterocycles. The quantitative estimate of drug-likeness (QED) is 0.719. The Hall–Kier alpha value is -1.30. The van der Waals surface area contributed by atoms with Crippen molar-refractivity contribution < 1.29 is 24.2 Å². The number of methoxy groups -OCH3 is 1. The Balaban J connectivity index is 4.58. The van der Waals surface area contributed by atoms with Crippen LogP contribution in [0.2, 0.25) is 0 Å². The van der Waals surface area contributed by atoms with Gasteiger partial charge in [-0.15, -0.1) is 0 Å². The third-order valence-electron chi connectivity index (χ3n) is 2.39. The predicted octanol–water partition coefficient (Wildman–Crippen LogP) is 1.60. The van der Waals surface area contributed by atoms with Crippen LogP contribution >= 0.6 is 0 Å². The summed E-state index contributed by atoms with van der Waals surface area (Å²) < 4.78 is 9.57. The van der Waals surface area contributed by atoms with E-state index in [0.717, 1.165) is 12.8 Å². The topological polar surface area (TPSA) is 84.9 Å². The molecular formula is C13H25NO5. The molecule has 0 aliphatic carbocycles. The summed E-state index contributed by atoms with van der Waals surface area (Å²) >= 11 is 0. The van der Waals surface area contributed by atoms with E-state index >= 15 is 0 Å². The van der Waals surface area contributed by atoms with Crippen LogP contribution in [0.3, 0.4) is 0 Å². The molecule has 0 saturated carbocycles. The van der Waals surface area contributed by atoms with Gasteiger partial charge in [0.25, 0.3) is 0 Å². The van der Waals surface area contributed by atoms with Gasteiger partial charge in [0.1, 0.15) is 5.60 Å². The number of ether oxygens (including phenoxy) is 2. The third kappa shape index (κ3) is 7.66. The number of rotatable bonds is 6. The first-order valence-electron chi connectivity index (χ1n) is 6.46. The maximum atomic E-state index is 11.7. The summed E-state index contributed by atoms with van der Waals surface area (Å²) in [6.07, 6.45) is 0.0987. The van der Waals surface area contributed by atoms with Crippen LogP contribution in [0.15, 0.2) is 0 Å². The predicted molar refractivity (Wildman–Crippen MR) is 70.7 cm³/mol. The van der Waals surface area contributed by atoms with Gasteiger partial charge in [0.2, 0.25) is 0 Å². The monoisotopic (exact) mass is 275 g/mol. The molecule has 2 N–H and O–H groups in total. The highest BCUT2D eigenvalue weighted by Gasteiger charge is 2.29. The minimum atomic E-state index is -1.39. The van der Waals surface area contributed by atoms with Gasteiger partial charge in [-0.2, -0.15) is 0 Å². The van der Waals surface area contributed by atoms with Crippen LogP contribution in [0.4, 0.5) is 4.79 Å². The average Bonchev–Trinajstić information content (AvgIpc) is 2.30. The first-order chi connectivity index (χ1) is 8.71. The zero-order valence-electron chi connectivity index (χ0n) is 12.4. The van der Waals surface area contributed by atoms with Crippen LogP contribution in [0, 0.1) is 0 Å². The molecule has 6 heteroatoms. The van der Waals surface area contributed by atoms with Crippen molar-refractivity contribution >= 4 is 12.1 Å². The number of carbonyl (C=O) groups excluding carboxylic acids is 2. The van der Waals surface area contributed by atoms with Gasteiger partial charge in [0, 0.05) is 0 Å². The van der Waals surface area contributed by atoms with Crippen LogP contribution in [0.1, 0.15) is 47.0 Å². The fraction of sp³-hybridized carbons (Fsp3) is 0.846. The standard InChI is InChI=1S/C13H25NO5/c1-6-7-8-9(10(15)11(16)18-5)14-12(17)19-13(2,3)4/h9-10,15H,6-8H2,1-5H3,(H,14,17)/t9-,10-/m0/s1. The molecule has 0 spiro atoms. The van der Waals surface area contributed by atoms with Gasteiger partial charge in [-0.3, -0.25) is 0 Å². The van der Waals surface area contributed by atoms with E-state index in [1.54, 1.807) is 20.8 Å². The normalized spacial score (nSPS) is 14.4. The minimum Gasteiger partial charge on any atom is -0.467 e. The van der Waals surface area contributed by atoms with E-state index in [0.29, 0.717) is 6.42 Å². The minimum absolute atomic E-state index is 0.478. The Morgan fingerprint density at radius 1 is 1.32 bits per heavy atom.